The predicted octanol–water partition coefficient (Wildman–Crippen LogP) is 3.25. The van der Waals surface area contributed by atoms with Crippen LogP contribution in [0.25, 0.3) is 0 Å². The van der Waals surface area contributed by atoms with Crippen LogP contribution in [-0.2, 0) is 0 Å². The smallest absolute Gasteiger partial charge is 0.319 e. The molecule has 2 N–H and O–H groups in total. The van der Waals surface area contributed by atoms with E-state index in [0.717, 1.165) is 32.0 Å². The van der Waals surface area contributed by atoms with E-state index in [2.05, 4.69) is 56.6 Å². The number of aromatic nitrogens is 1. The van der Waals surface area contributed by atoms with Crippen LogP contribution >= 0.6 is 0 Å². The number of nitrogens with one attached hydrogen (secondary N) is 2. The molecule has 1 saturated heterocycles. The first kappa shape index (κ1) is 18.0. The van der Waals surface area contributed by atoms with E-state index in [4.69, 9.17) is 0 Å². The van der Waals surface area contributed by atoms with Crippen molar-refractivity contribution in [2.45, 2.75) is 26.8 Å². The zero-order valence-corrected chi connectivity index (χ0v) is 15.7. The molecule has 6 heteroatoms. The van der Waals surface area contributed by atoms with Gasteiger partial charge in [0.2, 0.25) is 0 Å². The Balaban J connectivity index is 1.55. The molecule has 0 unspecified atom stereocenters. The van der Waals surface area contributed by atoms with Gasteiger partial charge in [-0.15, -0.1) is 0 Å². The SMILES string of the molecule is Cc1cccc(N2CCN(c3ccc(NC(=O)NC(C)C)cn3)CC2)c1. The maximum absolute atomic E-state index is 11.7. The van der Waals surface area contributed by atoms with Crippen molar-refractivity contribution in [3.8, 4) is 0 Å². The maximum Gasteiger partial charge on any atom is 0.319 e. The van der Waals surface area contributed by atoms with E-state index in [-0.39, 0.29) is 12.1 Å². The average molecular weight is 353 g/mol. The number of urea groups is 1. The number of anilines is 3. The molecule has 0 radical (unpaired) electrons. The van der Waals surface area contributed by atoms with E-state index < -0.39 is 0 Å². The van der Waals surface area contributed by atoms with Crippen molar-refractivity contribution in [2.75, 3.05) is 41.3 Å². The summed E-state index contributed by atoms with van der Waals surface area (Å²) in [6.45, 7) is 9.79. The summed E-state index contributed by atoms with van der Waals surface area (Å²) in [5.74, 6) is 0.948. The molecule has 1 fully saturated rings. The molecule has 1 aromatic carbocycles. The average Bonchev–Trinajstić information content (AvgIpc) is 2.62. The highest BCUT2D eigenvalue weighted by Gasteiger charge is 2.18. The summed E-state index contributed by atoms with van der Waals surface area (Å²) in [4.78, 5) is 20.9. The Kier molecular flexibility index (Phi) is 5.61. The monoisotopic (exact) mass is 353 g/mol. The van der Waals surface area contributed by atoms with Crippen LogP contribution in [0.1, 0.15) is 19.4 Å². The zero-order valence-electron chi connectivity index (χ0n) is 15.7. The highest BCUT2D eigenvalue weighted by molar-refractivity contribution is 5.89. The third-order valence-corrected chi connectivity index (χ3v) is 4.40. The van der Waals surface area contributed by atoms with Gasteiger partial charge in [0.1, 0.15) is 5.82 Å². The Labute approximate surface area is 155 Å². The normalized spacial score (nSPS) is 14.5. The molecule has 0 aliphatic carbocycles. The molecule has 0 spiro atoms. The minimum absolute atomic E-state index is 0.104. The van der Waals surface area contributed by atoms with Gasteiger partial charge in [0.05, 0.1) is 11.9 Å². The molecule has 26 heavy (non-hydrogen) atoms. The quantitative estimate of drug-likeness (QED) is 0.886. The summed E-state index contributed by atoms with van der Waals surface area (Å²) < 4.78 is 0. The van der Waals surface area contributed by atoms with Crippen LogP contribution in [0.5, 0.6) is 0 Å². The maximum atomic E-state index is 11.7. The fourth-order valence-electron chi connectivity index (χ4n) is 3.09. The van der Waals surface area contributed by atoms with Crippen molar-refractivity contribution in [2.24, 2.45) is 0 Å². The Hall–Kier alpha value is -2.76. The van der Waals surface area contributed by atoms with Gasteiger partial charge in [0.25, 0.3) is 0 Å². The fraction of sp³-hybridized carbons (Fsp3) is 0.400. The number of aryl methyl sites for hydroxylation is 1. The van der Waals surface area contributed by atoms with Crippen LogP contribution < -0.4 is 20.4 Å². The van der Waals surface area contributed by atoms with E-state index in [1.54, 1.807) is 6.20 Å². The van der Waals surface area contributed by atoms with Crippen molar-refractivity contribution in [3.63, 3.8) is 0 Å². The molecular formula is C20H27N5O. The third kappa shape index (κ3) is 4.65. The molecule has 2 aromatic rings. The van der Waals surface area contributed by atoms with Crippen molar-refractivity contribution in [1.29, 1.82) is 0 Å². The second-order valence-electron chi connectivity index (χ2n) is 6.97. The second-order valence-corrected chi connectivity index (χ2v) is 6.97. The first-order chi connectivity index (χ1) is 12.5. The van der Waals surface area contributed by atoms with Gasteiger partial charge < -0.3 is 20.4 Å². The molecular weight excluding hydrogens is 326 g/mol. The molecule has 1 aliphatic heterocycles. The summed E-state index contributed by atoms with van der Waals surface area (Å²) in [6, 6.07) is 12.4. The van der Waals surface area contributed by atoms with Crippen LogP contribution in [0.2, 0.25) is 0 Å². The van der Waals surface area contributed by atoms with Crippen molar-refractivity contribution < 1.29 is 4.79 Å². The molecule has 3 rings (SSSR count). The Bertz CT molecular complexity index is 736. The lowest BCUT2D eigenvalue weighted by molar-refractivity contribution is 0.250. The highest BCUT2D eigenvalue weighted by Crippen LogP contribution is 2.21. The summed E-state index contributed by atoms with van der Waals surface area (Å²) in [5.41, 5.74) is 3.27. The number of piperazine rings is 1. The highest BCUT2D eigenvalue weighted by atomic mass is 16.2. The minimum atomic E-state index is -0.207. The summed E-state index contributed by atoms with van der Waals surface area (Å²) in [7, 11) is 0. The first-order valence-electron chi connectivity index (χ1n) is 9.11. The number of benzene rings is 1. The summed E-state index contributed by atoms with van der Waals surface area (Å²) in [5, 5.41) is 5.60. The standard InChI is InChI=1S/C20H27N5O/c1-15(2)22-20(26)23-17-7-8-19(21-14-17)25-11-9-24(10-12-25)18-6-4-5-16(3)13-18/h4-8,13-15H,9-12H2,1-3H3,(H2,22,23,26). The molecule has 0 saturated carbocycles. The number of carbonyl (C=O) groups is 1. The Morgan fingerprint density at radius 2 is 1.81 bits per heavy atom. The van der Waals surface area contributed by atoms with E-state index in [1.807, 2.05) is 26.0 Å². The molecule has 0 atom stereocenters. The number of nitrogens with zero attached hydrogens (tertiary/aromatic N) is 3. The topological polar surface area (TPSA) is 60.5 Å². The van der Waals surface area contributed by atoms with Crippen LogP contribution in [0, 0.1) is 6.92 Å². The lowest BCUT2D eigenvalue weighted by Crippen LogP contribution is -2.46. The first-order valence-corrected chi connectivity index (χ1v) is 9.11. The zero-order chi connectivity index (χ0) is 18.5. The summed E-state index contributed by atoms with van der Waals surface area (Å²) in [6.07, 6.45) is 1.71. The van der Waals surface area contributed by atoms with Crippen molar-refractivity contribution in [3.05, 3.63) is 48.2 Å². The number of carbonyl (C=O) groups excluding carboxylic acids is 1. The molecule has 0 bridgehead atoms. The van der Waals surface area contributed by atoms with E-state index in [0.29, 0.717) is 5.69 Å². The number of amides is 2. The van der Waals surface area contributed by atoms with E-state index in [1.165, 1.54) is 11.3 Å². The van der Waals surface area contributed by atoms with Crippen molar-refractivity contribution in [1.82, 2.24) is 10.3 Å². The van der Waals surface area contributed by atoms with Gasteiger partial charge in [0.15, 0.2) is 0 Å². The van der Waals surface area contributed by atoms with E-state index >= 15 is 0 Å². The number of hydrogen-bond donors (Lipinski definition) is 2. The van der Waals surface area contributed by atoms with Crippen LogP contribution in [0.15, 0.2) is 42.6 Å². The van der Waals surface area contributed by atoms with Gasteiger partial charge in [-0.3, -0.25) is 0 Å². The van der Waals surface area contributed by atoms with Gasteiger partial charge in [-0.05, 0) is 50.6 Å². The second kappa shape index (κ2) is 8.08. The predicted molar refractivity (Wildman–Crippen MR) is 107 cm³/mol. The minimum Gasteiger partial charge on any atom is -0.368 e. The number of hydrogen-bond acceptors (Lipinski definition) is 4. The van der Waals surface area contributed by atoms with Gasteiger partial charge in [-0.25, -0.2) is 9.78 Å². The van der Waals surface area contributed by atoms with Crippen LogP contribution in [0.3, 0.4) is 0 Å². The molecule has 1 aliphatic rings. The van der Waals surface area contributed by atoms with Gasteiger partial charge in [-0.2, -0.15) is 0 Å². The Morgan fingerprint density at radius 1 is 1.08 bits per heavy atom. The van der Waals surface area contributed by atoms with Crippen LogP contribution in [-0.4, -0.2) is 43.2 Å². The molecule has 6 nitrogen and oxygen atoms in total. The lowest BCUT2D eigenvalue weighted by Gasteiger charge is -2.36. The van der Waals surface area contributed by atoms with Gasteiger partial charge >= 0.3 is 6.03 Å². The van der Waals surface area contributed by atoms with Crippen LogP contribution in [0.4, 0.5) is 22.0 Å². The Morgan fingerprint density at radius 3 is 2.42 bits per heavy atom. The molecule has 2 heterocycles. The van der Waals surface area contributed by atoms with Gasteiger partial charge in [0, 0.05) is 37.9 Å². The lowest BCUT2D eigenvalue weighted by atomic mass is 10.2. The third-order valence-electron chi connectivity index (χ3n) is 4.40. The van der Waals surface area contributed by atoms with Crippen molar-refractivity contribution >= 4 is 23.2 Å². The summed E-state index contributed by atoms with van der Waals surface area (Å²) >= 11 is 0. The number of pyridine rings is 1. The van der Waals surface area contributed by atoms with E-state index in [9.17, 15) is 4.79 Å². The largest absolute Gasteiger partial charge is 0.368 e. The molecule has 1 aromatic heterocycles. The number of rotatable bonds is 4. The fourth-order valence-corrected chi connectivity index (χ4v) is 3.09. The van der Waals surface area contributed by atoms with Gasteiger partial charge in [-0.1, -0.05) is 12.1 Å². The molecule has 138 valence electrons. The molecule has 2 amide bonds.